The van der Waals surface area contributed by atoms with Crippen LogP contribution in [0.15, 0.2) is 35.9 Å². The Kier molecular flexibility index (Phi) is 5.97. The summed E-state index contributed by atoms with van der Waals surface area (Å²) in [6.07, 6.45) is 1.55. The summed E-state index contributed by atoms with van der Waals surface area (Å²) in [5.41, 5.74) is 1.45. The van der Waals surface area contributed by atoms with Gasteiger partial charge in [0, 0.05) is 12.6 Å². The molecule has 1 aromatic rings. The summed E-state index contributed by atoms with van der Waals surface area (Å²) in [4.78, 5) is 11.0. The summed E-state index contributed by atoms with van der Waals surface area (Å²) in [5.74, 6) is 0.599. The minimum Gasteiger partial charge on any atom is -0.461 e. The molecule has 1 rings (SSSR count). The van der Waals surface area contributed by atoms with Gasteiger partial charge in [-0.1, -0.05) is 6.08 Å². The molecule has 1 aromatic carbocycles. The monoisotopic (exact) mass is 291 g/mol. The Morgan fingerprint density at radius 2 is 1.76 bits per heavy atom. The first-order chi connectivity index (χ1) is 9.71. The zero-order valence-corrected chi connectivity index (χ0v) is 13.7. The molecular weight excluding hydrogens is 266 g/mol. The molecule has 0 radical (unpaired) electrons. The SMILES string of the molecule is CC=C(C)C(Oc1ccc(NC(C)=O)cc1)OC(C)(C)C. The number of benzene rings is 1. The molecule has 21 heavy (non-hydrogen) atoms. The van der Waals surface area contributed by atoms with Gasteiger partial charge in [0.15, 0.2) is 0 Å². The molecule has 0 saturated carbocycles. The predicted molar refractivity (Wildman–Crippen MR) is 85.4 cm³/mol. The third kappa shape index (κ3) is 6.45. The van der Waals surface area contributed by atoms with Crippen molar-refractivity contribution in [3.05, 3.63) is 35.9 Å². The van der Waals surface area contributed by atoms with Crippen molar-refractivity contribution in [1.82, 2.24) is 0 Å². The van der Waals surface area contributed by atoms with E-state index in [9.17, 15) is 4.79 Å². The molecule has 1 amide bonds. The molecule has 116 valence electrons. The fraction of sp³-hybridized carbons (Fsp3) is 0.471. The molecule has 0 aromatic heterocycles. The maximum atomic E-state index is 11.0. The average molecular weight is 291 g/mol. The third-order valence-corrected chi connectivity index (χ3v) is 2.71. The number of ether oxygens (including phenoxy) is 2. The fourth-order valence-electron chi connectivity index (χ4n) is 1.61. The standard InChI is InChI=1S/C17H25NO3/c1-7-12(2)16(21-17(4,5)6)20-15-10-8-14(9-11-15)18-13(3)19/h7-11,16H,1-6H3,(H,18,19). The van der Waals surface area contributed by atoms with Crippen LogP contribution in [0.2, 0.25) is 0 Å². The van der Waals surface area contributed by atoms with Gasteiger partial charge in [-0.05, 0) is 64.5 Å². The molecular formula is C17H25NO3. The van der Waals surface area contributed by atoms with E-state index in [4.69, 9.17) is 9.47 Å². The van der Waals surface area contributed by atoms with E-state index in [0.29, 0.717) is 5.75 Å². The normalized spacial score (nSPS) is 13.7. The quantitative estimate of drug-likeness (QED) is 0.655. The van der Waals surface area contributed by atoms with Gasteiger partial charge in [0.25, 0.3) is 0 Å². The van der Waals surface area contributed by atoms with E-state index in [1.807, 2.05) is 52.8 Å². The third-order valence-electron chi connectivity index (χ3n) is 2.71. The van der Waals surface area contributed by atoms with Crippen molar-refractivity contribution in [2.45, 2.75) is 53.4 Å². The summed E-state index contributed by atoms with van der Waals surface area (Å²) in [6, 6.07) is 7.23. The predicted octanol–water partition coefficient (Wildman–Crippen LogP) is 4.13. The van der Waals surface area contributed by atoms with E-state index in [-0.39, 0.29) is 11.5 Å². The molecule has 1 unspecified atom stereocenters. The van der Waals surface area contributed by atoms with E-state index in [2.05, 4.69) is 5.32 Å². The second kappa shape index (κ2) is 7.27. The Balaban J connectivity index is 2.81. The Labute approximate surface area is 127 Å². The molecule has 0 aliphatic carbocycles. The lowest BCUT2D eigenvalue weighted by molar-refractivity contribution is -0.130. The molecule has 0 saturated heterocycles. The molecule has 4 heteroatoms. The highest BCUT2D eigenvalue weighted by Gasteiger charge is 2.21. The summed E-state index contributed by atoms with van der Waals surface area (Å²) in [5, 5.41) is 2.72. The summed E-state index contributed by atoms with van der Waals surface area (Å²) in [6.45, 7) is 11.4. The Bertz CT molecular complexity index is 498. The minimum atomic E-state index is -0.429. The lowest BCUT2D eigenvalue weighted by atomic mass is 10.2. The largest absolute Gasteiger partial charge is 0.461 e. The molecule has 0 aliphatic rings. The number of nitrogens with one attached hydrogen (secondary N) is 1. The van der Waals surface area contributed by atoms with Crippen LogP contribution >= 0.6 is 0 Å². The maximum absolute atomic E-state index is 11.0. The molecule has 0 heterocycles. The van der Waals surface area contributed by atoms with Gasteiger partial charge in [-0.3, -0.25) is 4.79 Å². The van der Waals surface area contributed by atoms with Crippen molar-refractivity contribution >= 4 is 11.6 Å². The van der Waals surface area contributed by atoms with Gasteiger partial charge >= 0.3 is 0 Å². The summed E-state index contributed by atoms with van der Waals surface area (Å²) in [7, 11) is 0. The molecule has 0 bridgehead atoms. The minimum absolute atomic E-state index is 0.0950. The van der Waals surface area contributed by atoms with Crippen LogP contribution in [-0.2, 0) is 9.53 Å². The van der Waals surface area contributed by atoms with Crippen molar-refractivity contribution < 1.29 is 14.3 Å². The second-order valence-electron chi connectivity index (χ2n) is 5.92. The van der Waals surface area contributed by atoms with Gasteiger partial charge < -0.3 is 14.8 Å². The molecule has 1 atom stereocenters. The number of hydrogen-bond acceptors (Lipinski definition) is 3. The maximum Gasteiger partial charge on any atom is 0.222 e. The Morgan fingerprint density at radius 1 is 1.19 bits per heavy atom. The lowest BCUT2D eigenvalue weighted by Gasteiger charge is -2.28. The highest BCUT2D eigenvalue weighted by Crippen LogP contribution is 2.22. The fourth-order valence-corrected chi connectivity index (χ4v) is 1.61. The number of carbonyl (C=O) groups excluding carboxylic acids is 1. The molecule has 0 fully saturated rings. The van der Waals surface area contributed by atoms with Crippen molar-refractivity contribution in [1.29, 1.82) is 0 Å². The van der Waals surface area contributed by atoms with Crippen LogP contribution in [0, 0.1) is 0 Å². The van der Waals surface area contributed by atoms with Crippen LogP contribution in [0.25, 0.3) is 0 Å². The van der Waals surface area contributed by atoms with E-state index >= 15 is 0 Å². The van der Waals surface area contributed by atoms with Crippen molar-refractivity contribution in [2.24, 2.45) is 0 Å². The van der Waals surface area contributed by atoms with Crippen molar-refractivity contribution in [3.63, 3.8) is 0 Å². The Hall–Kier alpha value is -1.81. The molecule has 0 aliphatic heterocycles. The number of amides is 1. The average Bonchev–Trinajstić information content (AvgIpc) is 2.37. The van der Waals surface area contributed by atoms with Gasteiger partial charge in [0.1, 0.15) is 5.75 Å². The van der Waals surface area contributed by atoms with E-state index in [0.717, 1.165) is 11.3 Å². The van der Waals surface area contributed by atoms with Gasteiger partial charge in [0.05, 0.1) is 5.60 Å². The first-order valence-electron chi connectivity index (χ1n) is 7.06. The van der Waals surface area contributed by atoms with Crippen LogP contribution in [0.5, 0.6) is 5.75 Å². The number of rotatable bonds is 5. The first-order valence-corrected chi connectivity index (χ1v) is 7.06. The van der Waals surface area contributed by atoms with Gasteiger partial charge in [0.2, 0.25) is 12.2 Å². The van der Waals surface area contributed by atoms with Gasteiger partial charge in [-0.2, -0.15) is 0 Å². The number of carbonyl (C=O) groups is 1. The molecule has 4 nitrogen and oxygen atoms in total. The summed E-state index contributed by atoms with van der Waals surface area (Å²) < 4.78 is 11.8. The van der Waals surface area contributed by atoms with Crippen LogP contribution in [0.1, 0.15) is 41.5 Å². The Morgan fingerprint density at radius 3 is 2.19 bits per heavy atom. The van der Waals surface area contributed by atoms with Crippen molar-refractivity contribution in [3.8, 4) is 5.75 Å². The molecule has 0 spiro atoms. The molecule has 1 N–H and O–H groups in total. The van der Waals surface area contributed by atoms with E-state index < -0.39 is 6.29 Å². The zero-order chi connectivity index (χ0) is 16.0. The van der Waals surface area contributed by atoms with Crippen LogP contribution in [0.3, 0.4) is 0 Å². The van der Waals surface area contributed by atoms with Crippen LogP contribution < -0.4 is 10.1 Å². The second-order valence-corrected chi connectivity index (χ2v) is 5.92. The van der Waals surface area contributed by atoms with E-state index in [1.165, 1.54) is 6.92 Å². The van der Waals surface area contributed by atoms with E-state index in [1.54, 1.807) is 12.1 Å². The highest BCUT2D eigenvalue weighted by molar-refractivity contribution is 5.88. The number of allylic oxidation sites excluding steroid dienone is 1. The van der Waals surface area contributed by atoms with Gasteiger partial charge in [-0.15, -0.1) is 0 Å². The highest BCUT2D eigenvalue weighted by atomic mass is 16.7. The van der Waals surface area contributed by atoms with Gasteiger partial charge in [-0.25, -0.2) is 0 Å². The number of anilines is 1. The lowest BCUT2D eigenvalue weighted by Crippen LogP contribution is -2.32. The first kappa shape index (κ1) is 17.2. The summed E-state index contributed by atoms with van der Waals surface area (Å²) >= 11 is 0. The zero-order valence-electron chi connectivity index (χ0n) is 13.7. The van der Waals surface area contributed by atoms with Crippen LogP contribution in [0.4, 0.5) is 5.69 Å². The number of hydrogen-bond donors (Lipinski definition) is 1. The van der Waals surface area contributed by atoms with Crippen LogP contribution in [-0.4, -0.2) is 17.8 Å². The smallest absolute Gasteiger partial charge is 0.222 e. The van der Waals surface area contributed by atoms with Crippen molar-refractivity contribution in [2.75, 3.05) is 5.32 Å². The topological polar surface area (TPSA) is 47.6 Å².